The lowest BCUT2D eigenvalue weighted by atomic mass is 10.1. The number of benzene rings is 1. The fourth-order valence-electron chi connectivity index (χ4n) is 2.41. The van der Waals surface area contributed by atoms with Gasteiger partial charge in [-0.25, -0.2) is 0 Å². The molecular formula is C17H20N2O4. The van der Waals surface area contributed by atoms with E-state index in [-0.39, 0.29) is 18.2 Å². The number of hydrogen-bond donors (Lipinski definition) is 1. The number of nitrogens with zero attached hydrogens (tertiary/aromatic N) is 1. The third kappa shape index (κ3) is 3.83. The van der Waals surface area contributed by atoms with Gasteiger partial charge in [0.15, 0.2) is 17.3 Å². The van der Waals surface area contributed by atoms with Gasteiger partial charge in [0.25, 0.3) is 0 Å². The molecule has 0 bridgehead atoms. The van der Waals surface area contributed by atoms with E-state index in [2.05, 4.69) is 10.5 Å². The molecule has 0 saturated heterocycles. The van der Waals surface area contributed by atoms with Crippen LogP contribution in [0.5, 0.6) is 11.5 Å². The molecule has 1 aliphatic rings. The van der Waals surface area contributed by atoms with Gasteiger partial charge < -0.3 is 19.3 Å². The van der Waals surface area contributed by atoms with Crippen LogP contribution in [0.3, 0.4) is 0 Å². The quantitative estimate of drug-likeness (QED) is 0.914. The van der Waals surface area contributed by atoms with Gasteiger partial charge in [-0.2, -0.15) is 0 Å². The fraction of sp³-hybridized carbons (Fsp3) is 0.412. The van der Waals surface area contributed by atoms with Gasteiger partial charge in [0, 0.05) is 24.2 Å². The van der Waals surface area contributed by atoms with Crippen LogP contribution in [-0.2, 0) is 11.2 Å². The number of hydrogen-bond acceptors (Lipinski definition) is 6. The van der Waals surface area contributed by atoms with E-state index in [4.69, 9.17) is 14.0 Å². The Labute approximate surface area is 134 Å². The molecule has 1 N–H and O–H groups in total. The van der Waals surface area contributed by atoms with Crippen molar-refractivity contribution < 1.29 is 18.8 Å². The number of rotatable bonds is 5. The molecule has 23 heavy (non-hydrogen) atoms. The number of anilines is 1. The van der Waals surface area contributed by atoms with E-state index in [1.165, 1.54) is 0 Å². The van der Waals surface area contributed by atoms with Crippen molar-refractivity contribution >= 4 is 11.5 Å². The van der Waals surface area contributed by atoms with Crippen LogP contribution in [0.2, 0.25) is 0 Å². The van der Waals surface area contributed by atoms with Gasteiger partial charge >= 0.3 is 0 Å². The van der Waals surface area contributed by atoms with Gasteiger partial charge in [-0.15, -0.1) is 0 Å². The number of Topliss-reactive ketones (excluding diaryl/α,β-unsaturated/α-hetero) is 1. The number of carbonyl (C=O) groups is 1. The number of carbonyl (C=O) groups excluding carboxylic acids is 1. The summed E-state index contributed by atoms with van der Waals surface area (Å²) in [5.41, 5.74) is 1.60. The third-order valence-corrected chi connectivity index (χ3v) is 3.64. The van der Waals surface area contributed by atoms with E-state index in [1.54, 1.807) is 6.07 Å². The number of ketones is 1. The number of fused-ring (bicyclic) bond motifs is 1. The first-order valence-electron chi connectivity index (χ1n) is 7.73. The number of ether oxygens (including phenoxy) is 2. The van der Waals surface area contributed by atoms with Gasteiger partial charge in [0.2, 0.25) is 0 Å². The molecule has 2 heterocycles. The Morgan fingerprint density at radius 3 is 2.78 bits per heavy atom. The van der Waals surface area contributed by atoms with Gasteiger partial charge in [0.1, 0.15) is 5.76 Å². The Morgan fingerprint density at radius 1 is 1.26 bits per heavy atom. The highest BCUT2D eigenvalue weighted by atomic mass is 16.5. The fourth-order valence-corrected chi connectivity index (χ4v) is 2.41. The molecule has 2 aromatic rings. The summed E-state index contributed by atoms with van der Waals surface area (Å²) in [5.74, 6) is 2.07. The van der Waals surface area contributed by atoms with E-state index < -0.39 is 0 Å². The average molecular weight is 316 g/mol. The first-order valence-corrected chi connectivity index (χ1v) is 7.73. The van der Waals surface area contributed by atoms with Crippen molar-refractivity contribution in [2.45, 2.75) is 32.7 Å². The predicted octanol–water partition coefficient (Wildman–Crippen LogP) is 2.76. The summed E-state index contributed by atoms with van der Waals surface area (Å²) in [6.45, 7) is 4.95. The molecule has 6 nitrogen and oxygen atoms in total. The van der Waals surface area contributed by atoms with Crippen molar-refractivity contribution in [2.75, 3.05) is 18.5 Å². The van der Waals surface area contributed by atoms with Crippen LogP contribution in [0.1, 0.15) is 24.8 Å². The molecule has 1 aliphatic heterocycles. The second kappa shape index (κ2) is 6.73. The topological polar surface area (TPSA) is 73.6 Å². The van der Waals surface area contributed by atoms with Gasteiger partial charge in [-0.05, 0) is 26.0 Å². The molecule has 0 spiro atoms. The highest BCUT2D eigenvalue weighted by Gasteiger charge is 2.17. The lowest BCUT2D eigenvalue weighted by Gasteiger charge is -2.15. The molecule has 6 heteroatoms. The molecule has 0 aliphatic carbocycles. The van der Waals surface area contributed by atoms with E-state index in [1.807, 2.05) is 32.0 Å². The highest BCUT2D eigenvalue weighted by Crippen LogP contribution is 2.32. The first-order chi connectivity index (χ1) is 11.1. The lowest BCUT2D eigenvalue weighted by molar-refractivity contribution is -0.119. The summed E-state index contributed by atoms with van der Waals surface area (Å²) >= 11 is 0. The van der Waals surface area contributed by atoms with Crippen molar-refractivity contribution in [3.8, 4) is 11.5 Å². The highest BCUT2D eigenvalue weighted by molar-refractivity contribution is 5.87. The maximum atomic E-state index is 12.3. The van der Waals surface area contributed by atoms with Crippen LogP contribution < -0.4 is 14.8 Å². The molecule has 0 saturated carbocycles. The van der Waals surface area contributed by atoms with Gasteiger partial charge in [-0.1, -0.05) is 5.16 Å². The van der Waals surface area contributed by atoms with E-state index in [9.17, 15) is 4.79 Å². The van der Waals surface area contributed by atoms with E-state index in [0.29, 0.717) is 24.7 Å². The maximum Gasteiger partial charge on any atom is 0.163 e. The zero-order valence-corrected chi connectivity index (χ0v) is 13.3. The van der Waals surface area contributed by atoms with E-state index in [0.717, 1.165) is 23.6 Å². The SMILES string of the molecule is Cc1cc(CC(=O)[C@@H](C)Nc2ccc3c(c2)OCCCO3)on1. The van der Waals surface area contributed by atoms with Crippen LogP contribution in [-0.4, -0.2) is 30.2 Å². The second-order valence-electron chi connectivity index (χ2n) is 5.66. The zero-order chi connectivity index (χ0) is 16.2. The molecular weight excluding hydrogens is 296 g/mol. The number of nitrogens with one attached hydrogen (secondary N) is 1. The Morgan fingerprint density at radius 2 is 2.04 bits per heavy atom. The standard InChI is InChI=1S/C17H20N2O4/c1-11-8-14(23-19-11)10-15(20)12(2)18-13-4-5-16-17(9-13)22-7-3-6-21-16/h4-5,8-9,12,18H,3,6-7,10H2,1-2H3/t12-/m1/s1. The minimum absolute atomic E-state index is 0.0354. The molecule has 0 fully saturated rings. The van der Waals surface area contributed by atoms with Crippen molar-refractivity contribution in [3.63, 3.8) is 0 Å². The monoisotopic (exact) mass is 316 g/mol. The minimum Gasteiger partial charge on any atom is -0.490 e. The molecule has 3 rings (SSSR count). The molecule has 1 atom stereocenters. The molecule has 0 amide bonds. The van der Waals surface area contributed by atoms with Crippen LogP contribution in [0.25, 0.3) is 0 Å². The summed E-state index contributed by atoms with van der Waals surface area (Å²) in [6.07, 6.45) is 1.09. The molecule has 0 unspecified atom stereocenters. The van der Waals surface area contributed by atoms with Gasteiger partial charge in [-0.3, -0.25) is 4.79 Å². The summed E-state index contributed by atoms with van der Waals surface area (Å²) in [7, 11) is 0. The van der Waals surface area contributed by atoms with Crippen molar-refractivity contribution in [3.05, 3.63) is 35.7 Å². The van der Waals surface area contributed by atoms with Crippen molar-refractivity contribution in [2.24, 2.45) is 0 Å². The normalized spacial score (nSPS) is 14.9. The summed E-state index contributed by atoms with van der Waals surface area (Å²) in [6, 6.07) is 7.04. The van der Waals surface area contributed by atoms with Crippen LogP contribution in [0, 0.1) is 6.92 Å². The third-order valence-electron chi connectivity index (χ3n) is 3.64. The number of aromatic nitrogens is 1. The Balaban J connectivity index is 1.64. The molecule has 122 valence electrons. The molecule has 1 aromatic heterocycles. The number of aryl methyl sites for hydroxylation is 1. The van der Waals surface area contributed by atoms with Crippen molar-refractivity contribution in [1.82, 2.24) is 5.16 Å². The van der Waals surface area contributed by atoms with Crippen LogP contribution in [0.15, 0.2) is 28.8 Å². The zero-order valence-electron chi connectivity index (χ0n) is 13.3. The minimum atomic E-state index is -0.342. The Bertz CT molecular complexity index is 696. The second-order valence-corrected chi connectivity index (χ2v) is 5.66. The van der Waals surface area contributed by atoms with E-state index >= 15 is 0 Å². The summed E-state index contributed by atoms with van der Waals surface area (Å²) in [5, 5.41) is 6.98. The Hall–Kier alpha value is -2.50. The summed E-state index contributed by atoms with van der Waals surface area (Å²) < 4.78 is 16.3. The lowest BCUT2D eigenvalue weighted by Crippen LogP contribution is -2.27. The van der Waals surface area contributed by atoms with Crippen molar-refractivity contribution in [1.29, 1.82) is 0 Å². The maximum absolute atomic E-state index is 12.3. The predicted molar refractivity (Wildman–Crippen MR) is 85.1 cm³/mol. The molecule has 0 radical (unpaired) electrons. The Kier molecular flexibility index (Phi) is 4.50. The van der Waals surface area contributed by atoms with Crippen LogP contribution >= 0.6 is 0 Å². The van der Waals surface area contributed by atoms with Crippen LogP contribution in [0.4, 0.5) is 5.69 Å². The largest absolute Gasteiger partial charge is 0.490 e. The smallest absolute Gasteiger partial charge is 0.163 e. The summed E-state index contributed by atoms with van der Waals surface area (Å²) in [4.78, 5) is 12.3. The van der Waals surface area contributed by atoms with Gasteiger partial charge in [0.05, 0.1) is 31.4 Å². The first kappa shape index (κ1) is 15.4. The molecule has 1 aromatic carbocycles. The average Bonchev–Trinajstić information content (AvgIpc) is 2.80.